The summed E-state index contributed by atoms with van der Waals surface area (Å²) in [6.45, 7) is 5.26. The summed E-state index contributed by atoms with van der Waals surface area (Å²) in [5.74, 6) is 0. The Morgan fingerprint density at radius 2 is 2.58 bits per heavy atom. The van der Waals surface area contributed by atoms with Crippen molar-refractivity contribution in [1.29, 1.82) is 0 Å². The molecule has 1 atom stereocenters. The monoisotopic (exact) mass is 170 g/mol. The third-order valence-corrected chi connectivity index (χ3v) is 2.63. The van der Waals surface area contributed by atoms with Crippen LogP contribution in [0.15, 0.2) is 0 Å². The lowest BCUT2D eigenvalue weighted by atomic mass is 10.0. The van der Waals surface area contributed by atoms with Crippen LogP contribution in [0.5, 0.6) is 0 Å². The van der Waals surface area contributed by atoms with Gasteiger partial charge in [0.25, 0.3) is 0 Å². The second-order valence-electron chi connectivity index (χ2n) is 3.49. The van der Waals surface area contributed by atoms with Crippen LogP contribution in [0.4, 0.5) is 4.79 Å². The first-order valence-electron chi connectivity index (χ1n) is 4.44. The summed E-state index contributed by atoms with van der Waals surface area (Å²) in [4.78, 5) is 13.0. The van der Waals surface area contributed by atoms with Crippen molar-refractivity contribution in [3.8, 4) is 0 Å². The van der Waals surface area contributed by atoms with Crippen molar-refractivity contribution in [1.82, 2.24) is 10.2 Å². The van der Waals surface area contributed by atoms with Crippen molar-refractivity contribution in [2.75, 3.05) is 26.2 Å². The minimum absolute atomic E-state index is 0.152. The highest BCUT2D eigenvalue weighted by molar-refractivity contribution is 5.70. The zero-order valence-corrected chi connectivity index (χ0v) is 7.30. The quantitative estimate of drug-likeness (QED) is 0.611. The number of rotatable bonds is 1. The first-order valence-corrected chi connectivity index (χ1v) is 4.44. The van der Waals surface area contributed by atoms with Crippen LogP contribution in [0.25, 0.3) is 0 Å². The van der Waals surface area contributed by atoms with Crippen molar-refractivity contribution in [2.45, 2.75) is 18.9 Å². The van der Waals surface area contributed by atoms with Crippen LogP contribution in [-0.4, -0.2) is 42.8 Å². The summed E-state index contributed by atoms with van der Waals surface area (Å²) in [5.41, 5.74) is -0.201. The van der Waals surface area contributed by atoms with Gasteiger partial charge >= 0.3 is 6.09 Å². The Balaban J connectivity index is 2.08. The Morgan fingerprint density at radius 3 is 3.08 bits per heavy atom. The van der Waals surface area contributed by atoms with Crippen LogP contribution in [0.2, 0.25) is 0 Å². The maximum atomic E-state index is 11.2. The highest BCUT2D eigenvalue weighted by Crippen LogP contribution is 2.27. The number of carbonyl (C=O) groups excluding carboxylic acids is 1. The Morgan fingerprint density at radius 1 is 1.75 bits per heavy atom. The fourth-order valence-electron chi connectivity index (χ4n) is 1.88. The molecule has 0 aromatic rings. The van der Waals surface area contributed by atoms with Crippen molar-refractivity contribution >= 4 is 6.09 Å². The molecule has 0 bridgehead atoms. The maximum absolute atomic E-state index is 11.2. The Hall–Kier alpha value is -0.770. The summed E-state index contributed by atoms with van der Waals surface area (Å²) < 4.78 is 5.34. The van der Waals surface area contributed by atoms with Gasteiger partial charge in [0.05, 0.1) is 6.54 Å². The van der Waals surface area contributed by atoms with E-state index in [1.165, 1.54) is 0 Å². The molecular weight excluding hydrogens is 156 g/mol. The largest absolute Gasteiger partial charge is 0.439 e. The molecule has 4 nitrogen and oxygen atoms in total. The van der Waals surface area contributed by atoms with Gasteiger partial charge in [-0.05, 0) is 13.5 Å². The molecule has 2 fully saturated rings. The van der Waals surface area contributed by atoms with E-state index >= 15 is 0 Å². The van der Waals surface area contributed by atoms with Crippen molar-refractivity contribution in [3.05, 3.63) is 0 Å². The van der Waals surface area contributed by atoms with Gasteiger partial charge in [0, 0.05) is 19.5 Å². The first kappa shape index (κ1) is 7.86. The van der Waals surface area contributed by atoms with E-state index in [4.69, 9.17) is 4.74 Å². The summed E-state index contributed by atoms with van der Waals surface area (Å²) in [7, 11) is 0. The van der Waals surface area contributed by atoms with E-state index in [2.05, 4.69) is 5.32 Å². The maximum Gasteiger partial charge on any atom is 0.410 e. The van der Waals surface area contributed by atoms with Gasteiger partial charge in [0.15, 0.2) is 0 Å². The molecule has 68 valence electrons. The lowest BCUT2D eigenvalue weighted by Crippen LogP contribution is -2.36. The molecule has 1 spiro atoms. The smallest absolute Gasteiger partial charge is 0.410 e. The molecule has 4 heteroatoms. The average Bonchev–Trinajstić information content (AvgIpc) is 2.60. The van der Waals surface area contributed by atoms with Crippen LogP contribution in [0, 0.1) is 0 Å². The minimum Gasteiger partial charge on any atom is -0.439 e. The number of hydrogen-bond acceptors (Lipinski definition) is 3. The van der Waals surface area contributed by atoms with Crippen LogP contribution in [0.1, 0.15) is 13.3 Å². The Bertz CT molecular complexity index is 199. The van der Waals surface area contributed by atoms with Gasteiger partial charge in [-0.2, -0.15) is 0 Å². The molecule has 2 rings (SSSR count). The highest BCUT2D eigenvalue weighted by Gasteiger charge is 2.46. The second kappa shape index (κ2) is 2.62. The van der Waals surface area contributed by atoms with Gasteiger partial charge in [-0.1, -0.05) is 0 Å². The van der Waals surface area contributed by atoms with E-state index in [-0.39, 0.29) is 11.7 Å². The number of ether oxygens (including phenoxy) is 1. The van der Waals surface area contributed by atoms with Gasteiger partial charge in [0.1, 0.15) is 5.60 Å². The predicted molar refractivity (Wildman–Crippen MR) is 43.9 cm³/mol. The molecule has 0 aromatic heterocycles. The van der Waals surface area contributed by atoms with Gasteiger partial charge in [-0.3, -0.25) is 0 Å². The molecule has 0 radical (unpaired) electrons. The zero-order valence-electron chi connectivity index (χ0n) is 7.30. The average molecular weight is 170 g/mol. The number of nitrogens with one attached hydrogen (secondary N) is 1. The lowest BCUT2D eigenvalue weighted by molar-refractivity contribution is 0.0728. The van der Waals surface area contributed by atoms with Crippen LogP contribution >= 0.6 is 0 Å². The molecule has 0 aromatic carbocycles. The van der Waals surface area contributed by atoms with E-state index in [0.29, 0.717) is 0 Å². The molecule has 1 amide bonds. The summed E-state index contributed by atoms with van der Waals surface area (Å²) >= 11 is 0. The Labute approximate surface area is 71.9 Å². The number of carbonyl (C=O) groups is 1. The molecule has 0 saturated carbocycles. The van der Waals surface area contributed by atoms with E-state index in [1.807, 2.05) is 6.92 Å². The molecule has 2 aliphatic rings. The third kappa shape index (κ3) is 1.06. The van der Waals surface area contributed by atoms with E-state index in [0.717, 1.165) is 32.6 Å². The van der Waals surface area contributed by atoms with Gasteiger partial charge in [0.2, 0.25) is 0 Å². The van der Waals surface area contributed by atoms with Crippen molar-refractivity contribution in [3.63, 3.8) is 0 Å². The molecule has 2 saturated heterocycles. The number of likely N-dealkylation sites (N-methyl/N-ethyl adjacent to an activating group) is 1. The summed E-state index contributed by atoms with van der Waals surface area (Å²) in [5, 5.41) is 3.22. The minimum atomic E-state index is -0.201. The topological polar surface area (TPSA) is 41.6 Å². The number of nitrogens with zero attached hydrogens (tertiary/aromatic N) is 1. The SMILES string of the molecule is CCN1C[C@]2(CCNC2)OC1=O. The zero-order chi connectivity index (χ0) is 8.60. The van der Waals surface area contributed by atoms with Crippen molar-refractivity contribution in [2.24, 2.45) is 0 Å². The van der Waals surface area contributed by atoms with Gasteiger partial charge in [-0.15, -0.1) is 0 Å². The summed E-state index contributed by atoms with van der Waals surface area (Å²) in [6, 6.07) is 0. The number of amides is 1. The van der Waals surface area contributed by atoms with Crippen LogP contribution in [0.3, 0.4) is 0 Å². The van der Waals surface area contributed by atoms with E-state index in [1.54, 1.807) is 4.90 Å². The lowest BCUT2D eigenvalue weighted by Gasteiger charge is -2.18. The molecule has 2 heterocycles. The summed E-state index contributed by atoms with van der Waals surface area (Å²) in [6.07, 6.45) is 0.802. The highest BCUT2D eigenvalue weighted by atomic mass is 16.6. The molecule has 12 heavy (non-hydrogen) atoms. The van der Waals surface area contributed by atoms with Crippen LogP contribution < -0.4 is 5.32 Å². The van der Waals surface area contributed by atoms with E-state index < -0.39 is 0 Å². The molecule has 2 aliphatic heterocycles. The first-order chi connectivity index (χ1) is 5.76. The van der Waals surface area contributed by atoms with Crippen LogP contribution in [-0.2, 0) is 4.74 Å². The molecule has 1 N–H and O–H groups in total. The van der Waals surface area contributed by atoms with E-state index in [9.17, 15) is 4.79 Å². The standard InChI is InChI=1S/C8H14N2O2/c1-2-10-6-8(12-7(10)11)3-4-9-5-8/h9H,2-6H2,1H3/t8-/m1/s1. The van der Waals surface area contributed by atoms with Gasteiger partial charge < -0.3 is 15.0 Å². The fraction of sp³-hybridized carbons (Fsp3) is 0.875. The fourth-order valence-corrected chi connectivity index (χ4v) is 1.88. The predicted octanol–water partition coefficient (Wildman–Crippen LogP) is 0.191. The molecule has 0 unspecified atom stereocenters. The Kier molecular flexibility index (Phi) is 1.72. The van der Waals surface area contributed by atoms with Crippen molar-refractivity contribution < 1.29 is 9.53 Å². The normalized spacial score (nSPS) is 34.8. The number of hydrogen-bond donors (Lipinski definition) is 1. The molecule has 0 aliphatic carbocycles. The van der Waals surface area contributed by atoms with Gasteiger partial charge in [-0.25, -0.2) is 4.79 Å². The molecular formula is C8H14N2O2. The second-order valence-corrected chi connectivity index (χ2v) is 3.49. The third-order valence-electron chi connectivity index (χ3n) is 2.63.